The number of likely N-dealkylation sites (tertiary alicyclic amines) is 1. The molecule has 1 saturated heterocycles. The van der Waals surface area contributed by atoms with Gasteiger partial charge < -0.3 is 9.88 Å². The van der Waals surface area contributed by atoms with Crippen molar-refractivity contribution in [3.05, 3.63) is 54.4 Å². The first-order valence-electron chi connectivity index (χ1n) is 7.44. The van der Waals surface area contributed by atoms with E-state index < -0.39 is 0 Å². The van der Waals surface area contributed by atoms with Crippen LogP contribution in [0.4, 0.5) is 5.69 Å². The zero-order valence-corrected chi connectivity index (χ0v) is 12.3. The largest absolute Gasteiger partial charge is 0.353 e. The number of hydrogen-bond donors (Lipinski definition) is 1. The van der Waals surface area contributed by atoms with Crippen molar-refractivity contribution in [1.82, 2.24) is 9.47 Å². The van der Waals surface area contributed by atoms with Crippen LogP contribution in [0.1, 0.15) is 24.6 Å². The van der Waals surface area contributed by atoms with Crippen LogP contribution in [0.25, 0.3) is 0 Å². The molecule has 4 heteroatoms. The predicted molar refractivity (Wildman–Crippen MR) is 84.0 cm³/mol. The molecule has 2 aromatic rings. The lowest BCUT2D eigenvalue weighted by atomic mass is 10.1. The van der Waals surface area contributed by atoms with Crippen molar-refractivity contribution < 1.29 is 4.79 Å². The summed E-state index contributed by atoms with van der Waals surface area (Å²) in [6.07, 6.45) is 4.33. The van der Waals surface area contributed by atoms with E-state index in [1.54, 1.807) is 0 Å². The van der Waals surface area contributed by atoms with Crippen LogP contribution in [0.5, 0.6) is 0 Å². The Kier molecular flexibility index (Phi) is 4.06. The molecule has 1 atom stereocenters. The Balaban J connectivity index is 1.64. The van der Waals surface area contributed by atoms with Crippen LogP contribution in [-0.4, -0.2) is 28.5 Å². The van der Waals surface area contributed by atoms with E-state index in [9.17, 15) is 4.79 Å². The van der Waals surface area contributed by atoms with Crippen molar-refractivity contribution in [3.63, 3.8) is 0 Å². The second-order valence-electron chi connectivity index (χ2n) is 5.59. The summed E-state index contributed by atoms with van der Waals surface area (Å²) in [5.41, 5.74) is 2.15. The van der Waals surface area contributed by atoms with E-state index in [0.717, 1.165) is 25.1 Å². The zero-order valence-electron chi connectivity index (χ0n) is 12.3. The van der Waals surface area contributed by atoms with Crippen LogP contribution >= 0.6 is 0 Å². The molecule has 3 rings (SSSR count). The van der Waals surface area contributed by atoms with Crippen LogP contribution < -0.4 is 5.32 Å². The van der Waals surface area contributed by atoms with E-state index in [0.29, 0.717) is 12.6 Å². The molecule has 1 amide bonds. The molecule has 1 aliphatic rings. The summed E-state index contributed by atoms with van der Waals surface area (Å²) >= 11 is 0. The third kappa shape index (κ3) is 3.16. The van der Waals surface area contributed by atoms with Crippen LogP contribution in [0.15, 0.2) is 48.7 Å². The van der Waals surface area contributed by atoms with E-state index in [1.807, 2.05) is 30.3 Å². The van der Waals surface area contributed by atoms with E-state index in [4.69, 9.17) is 0 Å². The summed E-state index contributed by atoms with van der Waals surface area (Å²) in [4.78, 5) is 14.5. The number of hydrogen-bond acceptors (Lipinski definition) is 2. The van der Waals surface area contributed by atoms with Gasteiger partial charge in [-0.3, -0.25) is 9.69 Å². The fourth-order valence-corrected chi connectivity index (χ4v) is 3.08. The molecule has 110 valence electrons. The average molecular weight is 283 g/mol. The number of para-hydroxylation sites is 1. The molecule has 1 N–H and O–H groups in total. The molecular weight excluding hydrogens is 262 g/mol. The maximum atomic E-state index is 12.2. The Morgan fingerprint density at radius 3 is 2.76 bits per heavy atom. The van der Waals surface area contributed by atoms with Gasteiger partial charge in [-0.05, 0) is 43.7 Å². The molecule has 4 nitrogen and oxygen atoms in total. The summed E-state index contributed by atoms with van der Waals surface area (Å²) in [5, 5.41) is 2.96. The molecule has 0 aliphatic carbocycles. The number of amides is 1. The van der Waals surface area contributed by atoms with Gasteiger partial charge >= 0.3 is 0 Å². The summed E-state index contributed by atoms with van der Waals surface area (Å²) in [5.74, 6) is 0.0577. The maximum Gasteiger partial charge on any atom is 0.238 e. The Labute approximate surface area is 125 Å². The van der Waals surface area contributed by atoms with Crippen LogP contribution in [0.3, 0.4) is 0 Å². The van der Waals surface area contributed by atoms with Gasteiger partial charge in [0.05, 0.1) is 12.6 Å². The van der Waals surface area contributed by atoms with Crippen molar-refractivity contribution >= 4 is 11.6 Å². The van der Waals surface area contributed by atoms with Gasteiger partial charge in [0.1, 0.15) is 0 Å². The number of rotatable bonds is 4. The molecule has 0 unspecified atom stereocenters. The number of nitrogens with one attached hydrogen (secondary N) is 1. The lowest BCUT2D eigenvalue weighted by molar-refractivity contribution is -0.117. The van der Waals surface area contributed by atoms with Gasteiger partial charge in [0.2, 0.25) is 5.91 Å². The minimum Gasteiger partial charge on any atom is -0.353 e. The second-order valence-corrected chi connectivity index (χ2v) is 5.59. The Bertz CT molecular complexity index is 606. The van der Waals surface area contributed by atoms with Gasteiger partial charge in [-0.2, -0.15) is 0 Å². The number of carbonyl (C=O) groups is 1. The van der Waals surface area contributed by atoms with Gasteiger partial charge in [0, 0.05) is 24.6 Å². The SMILES string of the molecule is Cn1cccc1[C@@H]1CCCN1CC(=O)Nc1ccccc1. The van der Waals surface area contributed by atoms with Crippen LogP contribution in [0.2, 0.25) is 0 Å². The smallest absolute Gasteiger partial charge is 0.238 e. The monoisotopic (exact) mass is 283 g/mol. The number of nitrogens with zero attached hydrogens (tertiary/aromatic N) is 2. The highest BCUT2D eigenvalue weighted by atomic mass is 16.2. The molecule has 1 fully saturated rings. The van der Waals surface area contributed by atoms with Gasteiger partial charge in [0.25, 0.3) is 0 Å². The minimum atomic E-state index is 0.0577. The Morgan fingerprint density at radius 1 is 1.24 bits per heavy atom. The Morgan fingerprint density at radius 2 is 2.05 bits per heavy atom. The van der Waals surface area contributed by atoms with E-state index in [2.05, 4.69) is 40.2 Å². The molecule has 1 aliphatic heterocycles. The molecule has 1 aromatic heterocycles. The lowest BCUT2D eigenvalue weighted by Crippen LogP contribution is -2.33. The van der Waals surface area contributed by atoms with Gasteiger partial charge in [-0.1, -0.05) is 18.2 Å². The first kappa shape index (κ1) is 13.9. The molecule has 0 radical (unpaired) electrons. The van der Waals surface area contributed by atoms with Crippen LogP contribution in [-0.2, 0) is 11.8 Å². The predicted octanol–water partition coefficient (Wildman–Crippen LogP) is 2.80. The third-order valence-corrected chi connectivity index (χ3v) is 4.09. The maximum absolute atomic E-state index is 12.2. The van der Waals surface area contributed by atoms with Crippen molar-refractivity contribution in [2.24, 2.45) is 7.05 Å². The molecular formula is C17H21N3O. The molecule has 21 heavy (non-hydrogen) atoms. The highest BCUT2D eigenvalue weighted by molar-refractivity contribution is 5.92. The van der Waals surface area contributed by atoms with E-state index >= 15 is 0 Å². The van der Waals surface area contributed by atoms with Crippen LogP contribution in [0, 0.1) is 0 Å². The highest BCUT2D eigenvalue weighted by Gasteiger charge is 2.28. The fourth-order valence-electron chi connectivity index (χ4n) is 3.08. The molecule has 2 heterocycles. The standard InChI is InChI=1S/C17H21N3O/c1-19-11-5-9-15(19)16-10-6-12-20(16)13-17(21)18-14-7-3-2-4-8-14/h2-5,7-9,11,16H,6,10,12-13H2,1H3,(H,18,21)/t16-/m0/s1. The van der Waals surface area contributed by atoms with Crippen molar-refractivity contribution in [1.29, 1.82) is 0 Å². The summed E-state index contributed by atoms with van der Waals surface area (Å²) < 4.78 is 2.15. The normalized spacial score (nSPS) is 18.8. The number of anilines is 1. The third-order valence-electron chi connectivity index (χ3n) is 4.09. The van der Waals surface area contributed by atoms with Gasteiger partial charge in [0.15, 0.2) is 0 Å². The average Bonchev–Trinajstić information content (AvgIpc) is 3.08. The van der Waals surface area contributed by atoms with E-state index in [1.165, 1.54) is 5.69 Å². The van der Waals surface area contributed by atoms with E-state index in [-0.39, 0.29) is 5.91 Å². The minimum absolute atomic E-state index is 0.0577. The summed E-state index contributed by atoms with van der Waals surface area (Å²) in [6, 6.07) is 14.2. The van der Waals surface area contributed by atoms with Gasteiger partial charge in [-0.25, -0.2) is 0 Å². The van der Waals surface area contributed by atoms with Crippen molar-refractivity contribution in [3.8, 4) is 0 Å². The molecule has 0 saturated carbocycles. The van der Waals surface area contributed by atoms with Crippen molar-refractivity contribution in [2.45, 2.75) is 18.9 Å². The quantitative estimate of drug-likeness (QED) is 0.937. The number of aromatic nitrogens is 1. The molecule has 1 aromatic carbocycles. The topological polar surface area (TPSA) is 37.3 Å². The van der Waals surface area contributed by atoms with Gasteiger partial charge in [-0.15, -0.1) is 0 Å². The number of carbonyl (C=O) groups excluding carboxylic acids is 1. The first-order chi connectivity index (χ1) is 10.2. The molecule has 0 spiro atoms. The number of aryl methyl sites for hydroxylation is 1. The number of benzene rings is 1. The fraction of sp³-hybridized carbons (Fsp3) is 0.353. The second kappa shape index (κ2) is 6.14. The zero-order chi connectivity index (χ0) is 14.7. The molecule has 0 bridgehead atoms. The Hall–Kier alpha value is -2.07. The first-order valence-corrected chi connectivity index (χ1v) is 7.44. The highest BCUT2D eigenvalue weighted by Crippen LogP contribution is 2.31. The summed E-state index contributed by atoms with van der Waals surface area (Å²) in [7, 11) is 2.07. The summed E-state index contributed by atoms with van der Waals surface area (Å²) in [6.45, 7) is 1.43. The van der Waals surface area contributed by atoms with Crippen molar-refractivity contribution in [2.75, 3.05) is 18.4 Å². The lowest BCUT2D eigenvalue weighted by Gasteiger charge is -2.24.